The Hall–Kier alpha value is -2.10. The van der Waals surface area contributed by atoms with Gasteiger partial charge >= 0.3 is 5.97 Å². The molecule has 1 aromatic heterocycles. The predicted octanol–water partition coefficient (Wildman–Crippen LogP) is 2.98. The second kappa shape index (κ2) is 5.26. The van der Waals surface area contributed by atoms with Crippen LogP contribution in [0.4, 0.5) is 0 Å². The van der Waals surface area contributed by atoms with Gasteiger partial charge in [0.25, 0.3) is 0 Å². The first-order chi connectivity index (χ1) is 9.01. The molecule has 0 aliphatic heterocycles. The van der Waals surface area contributed by atoms with Gasteiger partial charge in [-0.25, -0.2) is 4.98 Å². The average Bonchev–Trinajstić information content (AvgIpc) is 2.74. The Labute approximate surface area is 112 Å². The van der Waals surface area contributed by atoms with Crippen molar-refractivity contribution in [3.05, 3.63) is 40.8 Å². The molecule has 0 unspecified atom stereocenters. The van der Waals surface area contributed by atoms with E-state index in [0.717, 1.165) is 5.56 Å². The van der Waals surface area contributed by atoms with E-state index in [2.05, 4.69) is 16.6 Å². The van der Waals surface area contributed by atoms with Crippen molar-refractivity contribution in [3.8, 4) is 11.5 Å². The lowest BCUT2D eigenvalue weighted by Crippen LogP contribution is -2.05. The van der Waals surface area contributed by atoms with Crippen molar-refractivity contribution >= 4 is 5.97 Å². The molecule has 0 aliphatic rings. The molecule has 0 bridgehead atoms. The van der Waals surface area contributed by atoms with Gasteiger partial charge in [0, 0.05) is 5.56 Å². The van der Waals surface area contributed by atoms with Gasteiger partial charge in [-0.2, -0.15) is 0 Å². The minimum absolute atomic E-state index is 0.136. The number of ether oxygens (including phenoxy) is 1. The number of hydrogen-bond acceptors (Lipinski definition) is 4. The van der Waals surface area contributed by atoms with Crippen LogP contribution in [-0.4, -0.2) is 18.1 Å². The summed E-state index contributed by atoms with van der Waals surface area (Å²) >= 11 is 0. The molecule has 0 amide bonds. The fourth-order valence-corrected chi connectivity index (χ4v) is 1.80. The topological polar surface area (TPSA) is 52.3 Å². The highest BCUT2D eigenvalue weighted by Crippen LogP contribution is 2.24. The molecule has 0 N–H and O–H groups in total. The fraction of sp³-hybridized carbons (Fsp3) is 0.333. The summed E-state index contributed by atoms with van der Waals surface area (Å²) in [6, 6.07) is 6.03. The molecule has 1 aromatic carbocycles. The minimum Gasteiger partial charge on any atom is -0.469 e. The standard InChI is InChI=1S/C15H17NO3/c1-9-5-6-12(7-10(9)2)15-16-13(11(3)19-15)8-14(17)18-4/h5-7H,8H2,1-4H3. The van der Waals surface area contributed by atoms with Gasteiger partial charge in [0.1, 0.15) is 5.76 Å². The Morgan fingerprint density at radius 3 is 2.63 bits per heavy atom. The van der Waals surface area contributed by atoms with Crippen LogP contribution in [0.3, 0.4) is 0 Å². The van der Waals surface area contributed by atoms with Gasteiger partial charge in [0.15, 0.2) is 0 Å². The van der Waals surface area contributed by atoms with Gasteiger partial charge in [-0.3, -0.25) is 4.79 Å². The number of methoxy groups -OCH3 is 1. The molecule has 0 aliphatic carbocycles. The van der Waals surface area contributed by atoms with Crippen LogP contribution in [-0.2, 0) is 16.0 Å². The van der Waals surface area contributed by atoms with E-state index in [1.165, 1.54) is 18.2 Å². The van der Waals surface area contributed by atoms with Crippen molar-refractivity contribution < 1.29 is 13.9 Å². The second-order valence-electron chi connectivity index (χ2n) is 4.57. The highest BCUT2D eigenvalue weighted by molar-refractivity contribution is 5.72. The van der Waals surface area contributed by atoms with Crippen LogP contribution in [0.2, 0.25) is 0 Å². The summed E-state index contributed by atoms with van der Waals surface area (Å²) < 4.78 is 10.3. The average molecular weight is 259 g/mol. The van der Waals surface area contributed by atoms with Crippen molar-refractivity contribution in [3.63, 3.8) is 0 Å². The zero-order chi connectivity index (χ0) is 14.0. The van der Waals surface area contributed by atoms with Crippen molar-refractivity contribution in [2.45, 2.75) is 27.2 Å². The highest BCUT2D eigenvalue weighted by Gasteiger charge is 2.15. The van der Waals surface area contributed by atoms with Crippen LogP contribution < -0.4 is 0 Å². The normalized spacial score (nSPS) is 10.5. The van der Waals surface area contributed by atoms with Gasteiger partial charge in [-0.05, 0) is 44.0 Å². The third-order valence-corrected chi connectivity index (χ3v) is 3.19. The largest absolute Gasteiger partial charge is 0.469 e. The van der Waals surface area contributed by atoms with E-state index in [9.17, 15) is 4.79 Å². The number of benzene rings is 1. The van der Waals surface area contributed by atoms with Gasteiger partial charge in [0.05, 0.1) is 19.2 Å². The van der Waals surface area contributed by atoms with E-state index in [4.69, 9.17) is 4.42 Å². The molecule has 0 atom stereocenters. The quantitative estimate of drug-likeness (QED) is 0.795. The Balaban J connectivity index is 2.33. The maximum absolute atomic E-state index is 11.3. The maximum Gasteiger partial charge on any atom is 0.311 e. The molecule has 19 heavy (non-hydrogen) atoms. The van der Waals surface area contributed by atoms with Crippen molar-refractivity contribution in [2.24, 2.45) is 0 Å². The molecular formula is C15H17NO3. The van der Waals surface area contributed by atoms with Crippen LogP contribution in [0, 0.1) is 20.8 Å². The van der Waals surface area contributed by atoms with Gasteiger partial charge < -0.3 is 9.15 Å². The third kappa shape index (κ3) is 2.84. The molecule has 4 nitrogen and oxygen atoms in total. The molecule has 0 fully saturated rings. The van der Waals surface area contributed by atoms with E-state index in [0.29, 0.717) is 17.3 Å². The first-order valence-corrected chi connectivity index (χ1v) is 6.12. The SMILES string of the molecule is COC(=O)Cc1nc(-c2ccc(C)c(C)c2)oc1C. The number of aryl methyl sites for hydroxylation is 3. The molecule has 2 rings (SSSR count). The first kappa shape index (κ1) is 13.3. The molecule has 4 heteroatoms. The summed E-state index contributed by atoms with van der Waals surface area (Å²) in [5.74, 6) is 0.876. The Bertz CT molecular complexity index is 614. The Morgan fingerprint density at radius 1 is 1.26 bits per heavy atom. The Morgan fingerprint density at radius 2 is 2.00 bits per heavy atom. The smallest absolute Gasteiger partial charge is 0.311 e. The van der Waals surface area contributed by atoms with Crippen molar-refractivity contribution in [1.82, 2.24) is 4.98 Å². The molecule has 0 spiro atoms. The zero-order valence-electron chi connectivity index (χ0n) is 11.6. The van der Waals surface area contributed by atoms with E-state index in [-0.39, 0.29) is 12.4 Å². The number of nitrogens with zero attached hydrogens (tertiary/aromatic N) is 1. The van der Waals surface area contributed by atoms with Gasteiger partial charge in [-0.15, -0.1) is 0 Å². The van der Waals surface area contributed by atoms with Crippen LogP contribution in [0.25, 0.3) is 11.5 Å². The second-order valence-corrected chi connectivity index (χ2v) is 4.57. The summed E-state index contributed by atoms with van der Waals surface area (Å²) in [6.45, 7) is 5.91. The number of rotatable bonds is 3. The summed E-state index contributed by atoms with van der Waals surface area (Å²) in [5, 5.41) is 0. The zero-order valence-corrected chi connectivity index (χ0v) is 11.6. The number of hydrogen-bond donors (Lipinski definition) is 0. The molecular weight excluding hydrogens is 242 g/mol. The van der Waals surface area contributed by atoms with Crippen LogP contribution in [0.15, 0.2) is 22.6 Å². The minimum atomic E-state index is -0.317. The lowest BCUT2D eigenvalue weighted by atomic mass is 10.1. The summed E-state index contributed by atoms with van der Waals surface area (Å²) in [5.41, 5.74) is 3.95. The summed E-state index contributed by atoms with van der Waals surface area (Å²) in [6.07, 6.45) is 0.136. The van der Waals surface area contributed by atoms with E-state index in [1.54, 1.807) is 6.92 Å². The number of esters is 1. The number of aromatic nitrogens is 1. The molecule has 2 aromatic rings. The predicted molar refractivity (Wildman–Crippen MR) is 71.9 cm³/mol. The lowest BCUT2D eigenvalue weighted by Gasteiger charge is -2.01. The molecule has 0 radical (unpaired) electrons. The van der Waals surface area contributed by atoms with Crippen molar-refractivity contribution in [2.75, 3.05) is 7.11 Å². The number of oxazole rings is 1. The summed E-state index contributed by atoms with van der Waals surface area (Å²) in [4.78, 5) is 15.6. The van der Waals surface area contributed by atoms with E-state index >= 15 is 0 Å². The van der Waals surface area contributed by atoms with E-state index in [1.807, 2.05) is 25.1 Å². The third-order valence-electron chi connectivity index (χ3n) is 3.19. The van der Waals surface area contributed by atoms with Gasteiger partial charge in [-0.1, -0.05) is 6.07 Å². The van der Waals surface area contributed by atoms with Gasteiger partial charge in [0.2, 0.25) is 5.89 Å². The molecule has 0 saturated carbocycles. The monoisotopic (exact) mass is 259 g/mol. The van der Waals surface area contributed by atoms with Crippen molar-refractivity contribution in [1.29, 1.82) is 0 Å². The molecule has 100 valence electrons. The van der Waals surface area contributed by atoms with E-state index < -0.39 is 0 Å². The van der Waals surface area contributed by atoms with Crippen LogP contribution in [0.1, 0.15) is 22.6 Å². The number of carbonyl (C=O) groups excluding carboxylic acids is 1. The first-order valence-electron chi connectivity index (χ1n) is 6.12. The van der Waals surface area contributed by atoms with Crippen LogP contribution in [0.5, 0.6) is 0 Å². The molecule has 1 heterocycles. The Kier molecular flexibility index (Phi) is 3.69. The summed E-state index contributed by atoms with van der Waals surface area (Å²) in [7, 11) is 1.36. The molecule has 0 saturated heterocycles. The lowest BCUT2D eigenvalue weighted by molar-refractivity contribution is -0.139. The fourth-order valence-electron chi connectivity index (χ4n) is 1.80. The highest BCUT2D eigenvalue weighted by atomic mass is 16.5. The van der Waals surface area contributed by atoms with Crippen LogP contribution >= 0.6 is 0 Å². The maximum atomic E-state index is 11.3. The number of carbonyl (C=O) groups is 1.